The molecule has 19 heavy (non-hydrogen) atoms. The average Bonchev–Trinajstić information content (AvgIpc) is 2.42. The minimum Gasteiger partial charge on any atom is -0.409 e. The first-order valence-electron chi connectivity index (χ1n) is 6.92. The van der Waals surface area contributed by atoms with Gasteiger partial charge in [0.15, 0.2) is 5.84 Å². The van der Waals surface area contributed by atoms with Gasteiger partial charge in [-0.25, -0.2) is 0 Å². The molecule has 2 aliphatic rings. The Labute approximate surface area is 113 Å². The third-order valence-electron chi connectivity index (χ3n) is 4.28. The van der Waals surface area contributed by atoms with Gasteiger partial charge in [0.05, 0.1) is 12.7 Å². The van der Waals surface area contributed by atoms with Crippen molar-refractivity contribution in [1.82, 2.24) is 4.90 Å². The molecule has 3 N–H and O–H groups in total. The number of carbonyl (C=O) groups excluding carboxylic acids is 1. The molecule has 0 radical (unpaired) electrons. The van der Waals surface area contributed by atoms with Gasteiger partial charge in [0.25, 0.3) is 0 Å². The van der Waals surface area contributed by atoms with Crippen LogP contribution in [0.1, 0.15) is 33.1 Å². The van der Waals surface area contributed by atoms with E-state index in [2.05, 4.69) is 12.1 Å². The summed E-state index contributed by atoms with van der Waals surface area (Å²) in [6.07, 6.45) is 2.31. The maximum Gasteiger partial charge on any atom is 0.236 e. The van der Waals surface area contributed by atoms with Crippen LogP contribution in [0.5, 0.6) is 0 Å². The number of amidine groups is 1. The van der Waals surface area contributed by atoms with Crippen molar-refractivity contribution in [2.75, 3.05) is 19.7 Å². The zero-order valence-corrected chi connectivity index (χ0v) is 11.6. The molecule has 0 aromatic rings. The zero-order valence-electron chi connectivity index (χ0n) is 11.6. The number of ether oxygens (including phenoxy) is 1. The number of carbonyl (C=O) groups is 1. The fourth-order valence-corrected chi connectivity index (χ4v) is 3.17. The van der Waals surface area contributed by atoms with Crippen molar-refractivity contribution in [2.24, 2.45) is 22.2 Å². The highest BCUT2D eigenvalue weighted by Crippen LogP contribution is 2.47. The van der Waals surface area contributed by atoms with Crippen molar-refractivity contribution in [3.63, 3.8) is 0 Å². The van der Waals surface area contributed by atoms with Crippen LogP contribution in [0, 0.1) is 11.3 Å². The van der Waals surface area contributed by atoms with Crippen LogP contribution in [0.25, 0.3) is 0 Å². The minimum absolute atomic E-state index is 0.0114. The Balaban J connectivity index is 2.12. The molecule has 1 saturated carbocycles. The Kier molecular flexibility index (Phi) is 3.99. The lowest BCUT2D eigenvalue weighted by Crippen LogP contribution is -2.60. The normalized spacial score (nSPS) is 35.9. The number of amides is 1. The number of hydrogen-bond donors (Lipinski definition) is 2. The highest BCUT2D eigenvalue weighted by Gasteiger charge is 2.54. The molecule has 1 aliphatic heterocycles. The second kappa shape index (κ2) is 5.36. The van der Waals surface area contributed by atoms with E-state index in [0.717, 1.165) is 6.42 Å². The Morgan fingerprint density at radius 1 is 1.58 bits per heavy atom. The molecule has 1 saturated heterocycles. The molecule has 108 valence electrons. The lowest BCUT2D eigenvalue weighted by Gasteiger charge is -2.47. The summed E-state index contributed by atoms with van der Waals surface area (Å²) in [4.78, 5) is 14.5. The summed E-state index contributed by atoms with van der Waals surface area (Å²) in [5.41, 5.74) is 4.98. The fraction of sp³-hybridized carbons (Fsp3) is 0.846. The zero-order chi connectivity index (χ0) is 14.0. The van der Waals surface area contributed by atoms with Gasteiger partial charge in [-0.1, -0.05) is 19.0 Å². The van der Waals surface area contributed by atoms with Gasteiger partial charge in [0, 0.05) is 13.1 Å². The van der Waals surface area contributed by atoms with Crippen molar-refractivity contribution in [3.05, 3.63) is 0 Å². The summed E-state index contributed by atoms with van der Waals surface area (Å²) in [5.74, 6) is 0.477. The van der Waals surface area contributed by atoms with Crippen molar-refractivity contribution < 1.29 is 14.7 Å². The predicted octanol–water partition coefficient (Wildman–Crippen LogP) is 0.786. The molecule has 6 nitrogen and oxygen atoms in total. The first kappa shape index (κ1) is 14.1. The number of nitrogens with zero attached hydrogens (tertiary/aromatic N) is 2. The van der Waals surface area contributed by atoms with Gasteiger partial charge in [0.1, 0.15) is 5.41 Å². The Bertz CT molecular complexity index is 377. The molecule has 2 rings (SSSR count). The van der Waals surface area contributed by atoms with Crippen molar-refractivity contribution >= 4 is 11.7 Å². The molecular weight excluding hydrogens is 246 g/mol. The molecule has 0 bridgehead atoms. The predicted molar refractivity (Wildman–Crippen MR) is 70.9 cm³/mol. The van der Waals surface area contributed by atoms with E-state index >= 15 is 0 Å². The van der Waals surface area contributed by atoms with Gasteiger partial charge in [-0.05, 0) is 25.2 Å². The van der Waals surface area contributed by atoms with Crippen LogP contribution >= 0.6 is 0 Å². The van der Waals surface area contributed by atoms with Crippen molar-refractivity contribution in [2.45, 2.75) is 39.2 Å². The SMILES string of the molecule is CCC1CN(C(=O)C2(C(N)=NO)CC(C)C2)CCO1. The molecular formula is C13H23N3O3. The average molecular weight is 269 g/mol. The van der Waals surface area contributed by atoms with Gasteiger partial charge >= 0.3 is 0 Å². The number of morpholine rings is 1. The third-order valence-corrected chi connectivity index (χ3v) is 4.28. The van der Waals surface area contributed by atoms with Crippen LogP contribution in [0.4, 0.5) is 0 Å². The number of hydrogen-bond acceptors (Lipinski definition) is 4. The van der Waals surface area contributed by atoms with E-state index in [9.17, 15) is 4.79 Å². The molecule has 6 heteroatoms. The van der Waals surface area contributed by atoms with E-state index in [1.807, 2.05) is 11.8 Å². The molecule has 1 heterocycles. The monoisotopic (exact) mass is 269 g/mol. The molecule has 0 aromatic carbocycles. The summed E-state index contributed by atoms with van der Waals surface area (Å²) in [7, 11) is 0. The van der Waals surface area contributed by atoms with Crippen molar-refractivity contribution in [3.8, 4) is 0 Å². The van der Waals surface area contributed by atoms with Gasteiger partial charge in [-0.15, -0.1) is 0 Å². The van der Waals surface area contributed by atoms with Crippen LogP contribution in [-0.4, -0.2) is 47.7 Å². The standard InChI is InChI=1S/C13H23N3O3/c1-3-10-8-16(4-5-19-10)12(17)13(11(14)15-18)6-9(2)7-13/h9-10,18H,3-8H2,1-2H3,(H2,14,15). The Morgan fingerprint density at radius 2 is 2.26 bits per heavy atom. The molecule has 1 unspecified atom stereocenters. The fourth-order valence-electron chi connectivity index (χ4n) is 3.17. The maximum absolute atomic E-state index is 12.7. The van der Waals surface area contributed by atoms with Crippen molar-refractivity contribution in [1.29, 1.82) is 0 Å². The maximum atomic E-state index is 12.7. The van der Waals surface area contributed by atoms with Gasteiger partial charge in [-0.2, -0.15) is 0 Å². The third kappa shape index (κ3) is 2.41. The van der Waals surface area contributed by atoms with Crippen LogP contribution in [0.3, 0.4) is 0 Å². The van der Waals surface area contributed by atoms with E-state index in [4.69, 9.17) is 15.7 Å². The molecule has 0 spiro atoms. The number of oxime groups is 1. The van der Waals surface area contributed by atoms with E-state index in [1.54, 1.807) is 0 Å². The quantitative estimate of drug-likeness (QED) is 0.343. The Hall–Kier alpha value is -1.30. The molecule has 1 amide bonds. The smallest absolute Gasteiger partial charge is 0.236 e. The van der Waals surface area contributed by atoms with Crippen LogP contribution in [-0.2, 0) is 9.53 Å². The second-order valence-corrected chi connectivity index (χ2v) is 5.73. The lowest BCUT2D eigenvalue weighted by atomic mass is 9.61. The van der Waals surface area contributed by atoms with Crippen LogP contribution in [0.15, 0.2) is 5.16 Å². The lowest BCUT2D eigenvalue weighted by molar-refractivity contribution is -0.152. The Morgan fingerprint density at radius 3 is 2.79 bits per heavy atom. The van der Waals surface area contributed by atoms with E-state index in [-0.39, 0.29) is 17.8 Å². The first-order chi connectivity index (χ1) is 9.03. The van der Waals surface area contributed by atoms with Gasteiger partial charge in [0.2, 0.25) is 5.91 Å². The summed E-state index contributed by atoms with van der Waals surface area (Å²) in [5, 5.41) is 12.0. The summed E-state index contributed by atoms with van der Waals surface area (Å²) in [6.45, 7) is 5.87. The number of rotatable bonds is 3. The minimum atomic E-state index is -0.788. The highest BCUT2D eigenvalue weighted by atomic mass is 16.5. The summed E-state index contributed by atoms with van der Waals surface area (Å²) in [6, 6.07) is 0. The molecule has 0 aromatic heterocycles. The topological polar surface area (TPSA) is 88.2 Å². The van der Waals surface area contributed by atoms with Crippen LogP contribution < -0.4 is 5.73 Å². The molecule has 1 atom stereocenters. The second-order valence-electron chi connectivity index (χ2n) is 5.73. The van der Waals surface area contributed by atoms with Gasteiger partial charge in [-0.3, -0.25) is 4.79 Å². The molecule has 1 aliphatic carbocycles. The number of nitrogens with two attached hydrogens (primary N) is 1. The van der Waals surface area contributed by atoms with E-state index < -0.39 is 5.41 Å². The van der Waals surface area contributed by atoms with Crippen LogP contribution in [0.2, 0.25) is 0 Å². The first-order valence-corrected chi connectivity index (χ1v) is 6.92. The molecule has 2 fully saturated rings. The largest absolute Gasteiger partial charge is 0.409 e. The highest BCUT2D eigenvalue weighted by molar-refractivity contribution is 6.07. The summed E-state index contributed by atoms with van der Waals surface area (Å²) < 4.78 is 5.58. The summed E-state index contributed by atoms with van der Waals surface area (Å²) >= 11 is 0. The van der Waals surface area contributed by atoms with E-state index in [0.29, 0.717) is 38.5 Å². The van der Waals surface area contributed by atoms with E-state index in [1.165, 1.54) is 0 Å². The van der Waals surface area contributed by atoms with Gasteiger partial charge < -0.3 is 20.6 Å².